The minimum absolute atomic E-state index is 0.455. The first-order chi connectivity index (χ1) is 10.6. The zero-order valence-corrected chi connectivity index (χ0v) is 13.1. The van der Waals surface area contributed by atoms with E-state index < -0.39 is 0 Å². The smallest absolute Gasteiger partial charge is 0.188 e. The van der Waals surface area contributed by atoms with Crippen molar-refractivity contribution in [1.82, 2.24) is 15.0 Å². The van der Waals surface area contributed by atoms with Crippen molar-refractivity contribution in [2.45, 2.75) is 13.8 Å². The highest BCUT2D eigenvalue weighted by atomic mass is 32.1. The molecule has 0 aliphatic heterocycles. The molecule has 0 saturated carbocycles. The Kier molecular flexibility index (Phi) is 3.88. The fourth-order valence-corrected chi connectivity index (χ4v) is 2.69. The van der Waals surface area contributed by atoms with Gasteiger partial charge in [-0.05, 0) is 26.0 Å². The number of aromatic nitrogens is 3. The van der Waals surface area contributed by atoms with Crippen LogP contribution in [0.3, 0.4) is 0 Å². The molecule has 1 aromatic carbocycles. The van der Waals surface area contributed by atoms with Crippen molar-refractivity contribution in [2.75, 3.05) is 16.4 Å². The highest BCUT2D eigenvalue weighted by Gasteiger charge is 2.11. The van der Waals surface area contributed by atoms with Gasteiger partial charge in [0.2, 0.25) is 0 Å². The second-order valence-corrected chi connectivity index (χ2v) is 5.96. The molecule has 4 N–H and O–H groups in total. The van der Waals surface area contributed by atoms with Crippen LogP contribution >= 0.6 is 11.3 Å². The van der Waals surface area contributed by atoms with Crippen LogP contribution in [0.1, 0.15) is 10.6 Å². The van der Waals surface area contributed by atoms with Gasteiger partial charge in [0.05, 0.1) is 5.69 Å². The molecule has 112 valence electrons. The van der Waals surface area contributed by atoms with Crippen LogP contribution in [0, 0.1) is 13.8 Å². The van der Waals surface area contributed by atoms with Crippen LogP contribution < -0.4 is 16.4 Å². The van der Waals surface area contributed by atoms with Gasteiger partial charge in [0.25, 0.3) is 0 Å². The number of thiazole rings is 1. The Balaban J connectivity index is 1.85. The number of hydrogen-bond acceptors (Lipinski definition) is 7. The lowest BCUT2D eigenvalue weighted by molar-refractivity contribution is 1.16. The molecule has 0 spiro atoms. The molecule has 0 aliphatic carbocycles. The molecule has 0 atom stereocenters. The van der Waals surface area contributed by atoms with E-state index in [9.17, 15) is 0 Å². The van der Waals surface area contributed by atoms with Gasteiger partial charge < -0.3 is 16.4 Å². The first-order valence-corrected chi connectivity index (χ1v) is 7.58. The van der Waals surface area contributed by atoms with Crippen LogP contribution in [-0.4, -0.2) is 15.0 Å². The molecular formula is C15H16N6S. The van der Waals surface area contributed by atoms with E-state index in [-0.39, 0.29) is 0 Å². The third kappa shape index (κ3) is 2.99. The summed E-state index contributed by atoms with van der Waals surface area (Å²) >= 11 is 1.57. The summed E-state index contributed by atoms with van der Waals surface area (Å²) in [6, 6.07) is 9.74. The number of para-hydroxylation sites is 1. The number of benzene rings is 1. The molecule has 0 amide bonds. The van der Waals surface area contributed by atoms with E-state index in [0.29, 0.717) is 17.3 Å². The Morgan fingerprint density at radius 3 is 2.32 bits per heavy atom. The number of nitrogens with zero attached hydrogens (tertiary/aromatic N) is 3. The highest BCUT2D eigenvalue weighted by Crippen LogP contribution is 2.30. The van der Waals surface area contributed by atoms with E-state index in [1.54, 1.807) is 11.3 Å². The van der Waals surface area contributed by atoms with Crippen molar-refractivity contribution in [1.29, 1.82) is 0 Å². The summed E-state index contributed by atoms with van der Waals surface area (Å²) < 4.78 is 0. The van der Waals surface area contributed by atoms with Crippen molar-refractivity contribution in [2.24, 2.45) is 0 Å². The molecule has 7 heteroatoms. The summed E-state index contributed by atoms with van der Waals surface area (Å²) in [6.45, 7) is 4.01. The Labute approximate surface area is 132 Å². The van der Waals surface area contributed by atoms with Gasteiger partial charge in [-0.2, -0.15) is 0 Å². The Morgan fingerprint density at radius 2 is 1.68 bits per heavy atom. The summed E-state index contributed by atoms with van der Waals surface area (Å²) in [7, 11) is 0. The average Bonchev–Trinajstić information content (AvgIpc) is 2.83. The summed E-state index contributed by atoms with van der Waals surface area (Å²) in [6.07, 6.45) is 1.47. The molecule has 2 aromatic heterocycles. The second kappa shape index (κ2) is 5.98. The van der Waals surface area contributed by atoms with Crippen LogP contribution in [0.15, 0.2) is 36.7 Å². The molecule has 3 rings (SSSR count). The number of aryl methyl sites for hydroxylation is 2. The van der Waals surface area contributed by atoms with Crippen LogP contribution in [0.5, 0.6) is 0 Å². The first kappa shape index (κ1) is 14.3. The third-order valence-corrected chi connectivity index (χ3v) is 4.16. The van der Waals surface area contributed by atoms with Gasteiger partial charge in [-0.3, -0.25) is 0 Å². The monoisotopic (exact) mass is 312 g/mol. The van der Waals surface area contributed by atoms with Gasteiger partial charge in [-0.15, -0.1) is 11.3 Å². The number of nitrogen functional groups attached to an aromatic ring is 1. The van der Waals surface area contributed by atoms with Crippen molar-refractivity contribution < 1.29 is 0 Å². The fraction of sp³-hybridized carbons (Fsp3) is 0.133. The molecule has 2 heterocycles. The minimum atomic E-state index is 0.455. The highest BCUT2D eigenvalue weighted by molar-refractivity contribution is 7.15. The van der Waals surface area contributed by atoms with E-state index in [1.807, 2.05) is 44.2 Å². The van der Waals surface area contributed by atoms with Gasteiger partial charge >= 0.3 is 0 Å². The average molecular weight is 312 g/mol. The summed E-state index contributed by atoms with van der Waals surface area (Å²) in [5.74, 6) is 1.11. The van der Waals surface area contributed by atoms with Gasteiger partial charge in [-0.25, -0.2) is 15.0 Å². The van der Waals surface area contributed by atoms with Crippen molar-refractivity contribution in [3.63, 3.8) is 0 Å². The minimum Gasteiger partial charge on any atom is -0.393 e. The second-order valence-electron chi connectivity index (χ2n) is 4.76. The Morgan fingerprint density at radius 1 is 1.00 bits per heavy atom. The first-order valence-electron chi connectivity index (χ1n) is 6.77. The van der Waals surface area contributed by atoms with E-state index in [2.05, 4.69) is 25.6 Å². The molecule has 22 heavy (non-hydrogen) atoms. The van der Waals surface area contributed by atoms with Gasteiger partial charge in [0, 0.05) is 10.6 Å². The quantitative estimate of drug-likeness (QED) is 0.682. The normalized spacial score (nSPS) is 10.5. The third-order valence-electron chi connectivity index (χ3n) is 3.17. The lowest BCUT2D eigenvalue weighted by atomic mass is 10.3. The van der Waals surface area contributed by atoms with E-state index >= 15 is 0 Å². The molecule has 0 fully saturated rings. The zero-order chi connectivity index (χ0) is 15.5. The van der Waals surface area contributed by atoms with Crippen LogP contribution in [0.25, 0.3) is 0 Å². The molecule has 0 unspecified atom stereocenters. The topological polar surface area (TPSA) is 88.8 Å². The maximum atomic E-state index is 6.15. The lowest BCUT2D eigenvalue weighted by Gasteiger charge is -2.11. The Bertz CT molecular complexity index is 764. The van der Waals surface area contributed by atoms with E-state index in [4.69, 9.17) is 5.73 Å². The predicted octanol–water partition coefficient (Wildman–Crippen LogP) is 3.62. The maximum absolute atomic E-state index is 6.15. The standard InChI is InChI=1S/C15H16N6S/c1-9-10(2)22-15(19-9)21-14-12(16)13(17-8-18-14)20-11-6-4-3-5-7-11/h3-8H,16H2,1-2H3,(H2,17,18,19,20,21). The van der Waals surface area contributed by atoms with Crippen molar-refractivity contribution in [3.05, 3.63) is 47.2 Å². The fourth-order valence-electron chi connectivity index (χ4n) is 1.88. The molecule has 0 radical (unpaired) electrons. The van der Waals surface area contributed by atoms with Crippen LogP contribution in [0.2, 0.25) is 0 Å². The predicted molar refractivity (Wildman–Crippen MR) is 91.0 cm³/mol. The molecule has 3 aromatic rings. The van der Waals surface area contributed by atoms with Gasteiger partial charge in [0.1, 0.15) is 12.0 Å². The molecule has 0 saturated heterocycles. The Hall–Kier alpha value is -2.67. The summed E-state index contributed by atoms with van der Waals surface area (Å²) in [4.78, 5) is 14.0. The number of hydrogen-bond donors (Lipinski definition) is 3. The van der Waals surface area contributed by atoms with Crippen LogP contribution in [0.4, 0.5) is 28.1 Å². The number of anilines is 5. The molecular weight excluding hydrogens is 296 g/mol. The van der Waals surface area contributed by atoms with Crippen molar-refractivity contribution in [3.8, 4) is 0 Å². The number of nitrogens with one attached hydrogen (secondary N) is 2. The van der Waals surface area contributed by atoms with Gasteiger partial charge in [0.15, 0.2) is 16.8 Å². The van der Waals surface area contributed by atoms with E-state index in [0.717, 1.165) is 21.4 Å². The van der Waals surface area contributed by atoms with Crippen LogP contribution in [-0.2, 0) is 0 Å². The van der Waals surface area contributed by atoms with Crippen molar-refractivity contribution >= 4 is 39.5 Å². The molecule has 0 bridgehead atoms. The molecule has 6 nitrogen and oxygen atoms in total. The largest absolute Gasteiger partial charge is 0.393 e. The SMILES string of the molecule is Cc1nc(Nc2ncnc(Nc3ccccc3)c2N)sc1C. The number of rotatable bonds is 4. The molecule has 0 aliphatic rings. The van der Waals surface area contributed by atoms with Gasteiger partial charge in [-0.1, -0.05) is 18.2 Å². The van der Waals surface area contributed by atoms with E-state index in [1.165, 1.54) is 6.33 Å². The number of nitrogens with two attached hydrogens (primary N) is 1. The summed E-state index contributed by atoms with van der Waals surface area (Å²) in [5.41, 5.74) is 8.53. The lowest BCUT2D eigenvalue weighted by Crippen LogP contribution is -2.05. The summed E-state index contributed by atoms with van der Waals surface area (Å²) in [5, 5.41) is 7.10. The zero-order valence-electron chi connectivity index (χ0n) is 12.3. The maximum Gasteiger partial charge on any atom is 0.188 e.